The Balaban J connectivity index is 2.41. The third kappa shape index (κ3) is 2.06. The van der Waals surface area contributed by atoms with Gasteiger partial charge in [-0.3, -0.25) is 0 Å². The number of rotatable bonds is 2. The predicted octanol–water partition coefficient (Wildman–Crippen LogP) is 2.39. The molecule has 0 spiro atoms. The molecule has 0 aliphatic carbocycles. The molecule has 0 atom stereocenters. The van der Waals surface area contributed by atoms with E-state index in [0.29, 0.717) is 22.4 Å². The number of halogens is 1. The van der Waals surface area contributed by atoms with Crippen molar-refractivity contribution in [3.63, 3.8) is 0 Å². The van der Waals surface area contributed by atoms with Crippen molar-refractivity contribution in [2.45, 2.75) is 0 Å². The average molecular weight is 236 g/mol. The first kappa shape index (κ1) is 10.7. The Labute approximate surface area is 98.0 Å². The number of hydrogen-bond donors (Lipinski definition) is 1. The monoisotopic (exact) mass is 235 g/mol. The van der Waals surface area contributed by atoms with Crippen LogP contribution in [0.15, 0.2) is 30.5 Å². The van der Waals surface area contributed by atoms with Gasteiger partial charge in [0.2, 0.25) is 0 Å². The molecule has 5 heteroatoms. The zero-order valence-electron chi connectivity index (χ0n) is 8.64. The van der Waals surface area contributed by atoms with Crippen LogP contribution in [0.25, 0.3) is 11.4 Å². The highest BCUT2D eigenvalue weighted by atomic mass is 35.5. The summed E-state index contributed by atoms with van der Waals surface area (Å²) in [5, 5.41) is 0.672. The first-order valence-corrected chi connectivity index (χ1v) is 5.01. The van der Waals surface area contributed by atoms with Crippen LogP contribution in [-0.2, 0) is 0 Å². The molecule has 0 aliphatic heterocycles. The summed E-state index contributed by atoms with van der Waals surface area (Å²) in [6.07, 6.45) is 1.55. The van der Waals surface area contributed by atoms with E-state index in [4.69, 9.17) is 22.1 Å². The first-order chi connectivity index (χ1) is 7.70. The number of nitrogens with zero attached hydrogens (tertiary/aromatic N) is 2. The third-order valence-corrected chi connectivity index (χ3v) is 2.36. The lowest BCUT2D eigenvalue weighted by Crippen LogP contribution is -1.99. The van der Waals surface area contributed by atoms with Crippen molar-refractivity contribution in [1.29, 1.82) is 0 Å². The van der Waals surface area contributed by atoms with Crippen LogP contribution in [0.4, 0.5) is 5.82 Å². The van der Waals surface area contributed by atoms with E-state index in [-0.39, 0.29) is 0 Å². The van der Waals surface area contributed by atoms with Crippen LogP contribution in [0.3, 0.4) is 0 Å². The van der Waals surface area contributed by atoms with Gasteiger partial charge in [-0.2, -0.15) is 0 Å². The lowest BCUT2D eigenvalue weighted by atomic mass is 10.2. The maximum atomic E-state index is 5.79. The Morgan fingerprint density at radius 2 is 1.94 bits per heavy atom. The van der Waals surface area contributed by atoms with Gasteiger partial charge in [-0.25, -0.2) is 9.97 Å². The molecule has 2 rings (SSSR count). The maximum Gasteiger partial charge on any atom is 0.179 e. The fraction of sp³-hybridized carbons (Fsp3) is 0.0909. The predicted molar refractivity (Wildman–Crippen MR) is 63.4 cm³/mol. The number of nitrogen functional groups attached to an aromatic ring is 1. The summed E-state index contributed by atoms with van der Waals surface area (Å²) >= 11 is 5.79. The molecule has 0 bridgehead atoms. The van der Waals surface area contributed by atoms with Crippen molar-refractivity contribution in [3.05, 3.63) is 35.5 Å². The number of methoxy groups -OCH3 is 1. The maximum absolute atomic E-state index is 5.79. The molecule has 2 N–H and O–H groups in total. The second-order valence-corrected chi connectivity index (χ2v) is 3.59. The number of aromatic nitrogens is 2. The van der Waals surface area contributed by atoms with E-state index in [1.165, 1.54) is 7.11 Å². The van der Waals surface area contributed by atoms with Crippen LogP contribution >= 0.6 is 11.6 Å². The van der Waals surface area contributed by atoms with Crippen LogP contribution in [0.1, 0.15) is 0 Å². The fourth-order valence-corrected chi connectivity index (χ4v) is 1.41. The van der Waals surface area contributed by atoms with Crippen molar-refractivity contribution in [1.82, 2.24) is 9.97 Å². The van der Waals surface area contributed by atoms with E-state index in [9.17, 15) is 0 Å². The van der Waals surface area contributed by atoms with Crippen molar-refractivity contribution in [2.24, 2.45) is 0 Å². The van der Waals surface area contributed by atoms with Gasteiger partial charge >= 0.3 is 0 Å². The molecular weight excluding hydrogens is 226 g/mol. The Morgan fingerprint density at radius 1 is 1.25 bits per heavy atom. The van der Waals surface area contributed by atoms with Crippen LogP contribution in [0.2, 0.25) is 5.02 Å². The summed E-state index contributed by atoms with van der Waals surface area (Å²) < 4.78 is 4.98. The molecule has 1 aromatic carbocycles. The molecule has 0 fully saturated rings. The van der Waals surface area contributed by atoms with Gasteiger partial charge in [0.25, 0.3) is 0 Å². The highest BCUT2D eigenvalue weighted by molar-refractivity contribution is 6.30. The summed E-state index contributed by atoms with van der Waals surface area (Å²) in [5.74, 6) is 1.34. The molecule has 0 radical (unpaired) electrons. The van der Waals surface area contributed by atoms with E-state index in [2.05, 4.69) is 9.97 Å². The largest absolute Gasteiger partial charge is 0.491 e. The SMILES string of the molecule is COc1cnc(-c2ccc(Cl)cc2)nc1N. The highest BCUT2D eigenvalue weighted by Crippen LogP contribution is 2.22. The molecule has 0 unspecified atom stereocenters. The molecule has 1 heterocycles. The lowest BCUT2D eigenvalue weighted by Gasteiger charge is -2.05. The molecule has 0 aliphatic rings. The van der Waals surface area contributed by atoms with Crippen molar-refractivity contribution in [3.8, 4) is 17.1 Å². The number of benzene rings is 1. The first-order valence-electron chi connectivity index (χ1n) is 4.63. The van der Waals surface area contributed by atoms with Crippen molar-refractivity contribution < 1.29 is 4.74 Å². The normalized spacial score (nSPS) is 10.1. The second-order valence-electron chi connectivity index (χ2n) is 3.15. The zero-order valence-corrected chi connectivity index (χ0v) is 9.40. The fourth-order valence-electron chi connectivity index (χ4n) is 1.28. The van der Waals surface area contributed by atoms with Crippen LogP contribution in [0.5, 0.6) is 5.75 Å². The Kier molecular flexibility index (Phi) is 2.92. The third-order valence-electron chi connectivity index (χ3n) is 2.11. The standard InChI is InChI=1S/C11H10ClN3O/c1-16-9-6-14-11(15-10(9)13)7-2-4-8(12)5-3-7/h2-6H,1H3,(H2,13,14,15). The molecule has 0 saturated carbocycles. The molecule has 0 saturated heterocycles. The summed E-state index contributed by atoms with van der Waals surface area (Å²) in [6.45, 7) is 0. The molecule has 82 valence electrons. The Morgan fingerprint density at radius 3 is 2.50 bits per heavy atom. The Hall–Kier alpha value is -1.81. The molecular formula is C11H10ClN3O. The van der Waals surface area contributed by atoms with Crippen LogP contribution in [0, 0.1) is 0 Å². The Bertz CT molecular complexity index is 499. The molecule has 4 nitrogen and oxygen atoms in total. The average Bonchev–Trinajstić information content (AvgIpc) is 2.30. The number of ether oxygens (including phenoxy) is 1. The van der Waals surface area contributed by atoms with E-state index in [0.717, 1.165) is 5.56 Å². The van der Waals surface area contributed by atoms with Gasteiger partial charge in [-0.05, 0) is 24.3 Å². The molecule has 16 heavy (non-hydrogen) atoms. The van der Waals surface area contributed by atoms with Gasteiger partial charge < -0.3 is 10.5 Å². The molecule has 1 aromatic heterocycles. The van der Waals surface area contributed by atoms with Crippen molar-refractivity contribution in [2.75, 3.05) is 12.8 Å². The van der Waals surface area contributed by atoms with Gasteiger partial charge in [-0.15, -0.1) is 0 Å². The van der Waals surface area contributed by atoms with Crippen LogP contribution in [-0.4, -0.2) is 17.1 Å². The summed E-state index contributed by atoms with van der Waals surface area (Å²) in [6, 6.07) is 7.23. The molecule has 0 amide bonds. The van der Waals surface area contributed by atoms with E-state index in [1.54, 1.807) is 18.3 Å². The van der Waals surface area contributed by atoms with Gasteiger partial charge in [0.05, 0.1) is 13.3 Å². The molecule has 2 aromatic rings. The van der Waals surface area contributed by atoms with E-state index >= 15 is 0 Å². The van der Waals surface area contributed by atoms with Crippen LogP contribution < -0.4 is 10.5 Å². The van der Waals surface area contributed by atoms with Gasteiger partial charge in [0, 0.05) is 10.6 Å². The van der Waals surface area contributed by atoms with E-state index < -0.39 is 0 Å². The zero-order chi connectivity index (χ0) is 11.5. The number of anilines is 1. The highest BCUT2D eigenvalue weighted by Gasteiger charge is 2.05. The second kappa shape index (κ2) is 4.37. The number of nitrogens with two attached hydrogens (primary N) is 1. The van der Waals surface area contributed by atoms with Gasteiger partial charge in [0.15, 0.2) is 17.4 Å². The minimum absolute atomic E-state index is 0.322. The minimum Gasteiger partial charge on any atom is -0.491 e. The number of hydrogen-bond acceptors (Lipinski definition) is 4. The van der Waals surface area contributed by atoms with Gasteiger partial charge in [-0.1, -0.05) is 11.6 Å². The topological polar surface area (TPSA) is 61.0 Å². The minimum atomic E-state index is 0.322. The summed E-state index contributed by atoms with van der Waals surface area (Å²) in [4.78, 5) is 8.29. The van der Waals surface area contributed by atoms with Crippen molar-refractivity contribution >= 4 is 17.4 Å². The quantitative estimate of drug-likeness (QED) is 0.868. The van der Waals surface area contributed by atoms with Gasteiger partial charge in [0.1, 0.15) is 0 Å². The smallest absolute Gasteiger partial charge is 0.179 e. The summed E-state index contributed by atoms with van der Waals surface area (Å²) in [7, 11) is 1.52. The summed E-state index contributed by atoms with van der Waals surface area (Å²) in [5.41, 5.74) is 6.56. The van der Waals surface area contributed by atoms with E-state index in [1.807, 2.05) is 12.1 Å². The lowest BCUT2D eigenvalue weighted by molar-refractivity contribution is 0.413.